The summed E-state index contributed by atoms with van der Waals surface area (Å²) in [6, 6.07) is 8.80. The Hall–Kier alpha value is -2.26. The van der Waals surface area contributed by atoms with Crippen LogP contribution in [0.25, 0.3) is 0 Å². The second-order valence-electron chi connectivity index (χ2n) is 6.03. The first-order valence-corrected chi connectivity index (χ1v) is 10.4. The minimum Gasteiger partial charge on any atom is -0.324 e. The van der Waals surface area contributed by atoms with E-state index >= 15 is 0 Å². The topological polar surface area (TPSA) is 66.5 Å². The molecule has 0 saturated heterocycles. The smallest absolute Gasteiger partial charge is 0.324 e. The lowest BCUT2D eigenvalue weighted by Crippen LogP contribution is -2.47. The van der Waals surface area contributed by atoms with Crippen LogP contribution < -0.4 is 9.62 Å². The van der Waals surface area contributed by atoms with E-state index in [1.807, 2.05) is 0 Å². The van der Waals surface area contributed by atoms with Crippen molar-refractivity contribution in [1.82, 2.24) is 0 Å². The Bertz CT molecular complexity index is 947. The zero-order valence-corrected chi connectivity index (χ0v) is 16.6. The Morgan fingerprint density at radius 2 is 1.79 bits per heavy atom. The van der Waals surface area contributed by atoms with E-state index in [4.69, 9.17) is 11.6 Å². The molecule has 0 saturated carbocycles. The minimum absolute atomic E-state index is 0.121. The van der Waals surface area contributed by atoms with Crippen molar-refractivity contribution in [2.75, 3.05) is 15.9 Å². The molecule has 1 N–H and O–H groups in total. The van der Waals surface area contributed by atoms with Crippen molar-refractivity contribution in [2.45, 2.75) is 25.6 Å². The van der Waals surface area contributed by atoms with Crippen LogP contribution in [0.1, 0.15) is 18.9 Å². The zero-order valence-electron chi connectivity index (χ0n) is 15.0. The molecule has 1 amide bonds. The number of nitrogens with one attached hydrogen (secondary N) is 1. The molecular weight excluding hydrogens is 417 g/mol. The van der Waals surface area contributed by atoms with Crippen molar-refractivity contribution in [3.63, 3.8) is 0 Å². The van der Waals surface area contributed by atoms with Gasteiger partial charge in [-0.05, 0) is 48.9 Å². The molecule has 0 aliphatic rings. The minimum atomic E-state index is -4.49. The summed E-state index contributed by atoms with van der Waals surface area (Å²) in [5.41, 5.74) is -0.519. The Morgan fingerprint density at radius 3 is 2.25 bits per heavy atom. The number of anilines is 2. The van der Waals surface area contributed by atoms with Gasteiger partial charge in [0.15, 0.2) is 0 Å². The molecule has 0 heterocycles. The number of hydrogen-bond donors (Lipinski definition) is 1. The summed E-state index contributed by atoms with van der Waals surface area (Å²) in [6.45, 7) is 1.62. The van der Waals surface area contributed by atoms with Crippen LogP contribution in [0.4, 0.5) is 24.5 Å². The van der Waals surface area contributed by atoms with Gasteiger partial charge in [-0.15, -0.1) is 0 Å². The Morgan fingerprint density at radius 1 is 1.18 bits per heavy atom. The van der Waals surface area contributed by atoms with Crippen LogP contribution in [0.2, 0.25) is 5.02 Å². The summed E-state index contributed by atoms with van der Waals surface area (Å²) < 4.78 is 63.6. The summed E-state index contributed by atoms with van der Waals surface area (Å²) in [5.74, 6) is -0.673. The average Bonchev–Trinajstić information content (AvgIpc) is 2.57. The fourth-order valence-electron chi connectivity index (χ4n) is 2.64. The molecule has 1 atom stereocenters. The third kappa shape index (κ3) is 5.39. The number of nitrogens with zero attached hydrogens (tertiary/aromatic N) is 1. The normalized spacial score (nSPS) is 13.1. The van der Waals surface area contributed by atoms with Gasteiger partial charge in [0.2, 0.25) is 15.9 Å². The molecule has 0 spiro atoms. The van der Waals surface area contributed by atoms with Crippen molar-refractivity contribution in [2.24, 2.45) is 0 Å². The van der Waals surface area contributed by atoms with Gasteiger partial charge in [-0.3, -0.25) is 9.10 Å². The highest BCUT2D eigenvalue weighted by molar-refractivity contribution is 7.92. The Kier molecular flexibility index (Phi) is 6.61. The van der Waals surface area contributed by atoms with Gasteiger partial charge in [0.25, 0.3) is 0 Å². The molecule has 2 aromatic carbocycles. The van der Waals surface area contributed by atoms with Crippen molar-refractivity contribution < 1.29 is 26.4 Å². The predicted octanol–water partition coefficient (Wildman–Crippen LogP) is 4.54. The monoisotopic (exact) mass is 434 g/mol. The third-order valence-electron chi connectivity index (χ3n) is 3.87. The fourth-order valence-corrected chi connectivity index (χ4v) is 4.03. The summed E-state index contributed by atoms with van der Waals surface area (Å²) in [4.78, 5) is 12.7. The molecule has 5 nitrogen and oxygen atoms in total. The van der Waals surface area contributed by atoms with E-state index < -0.39 is 33.7 Å². The molecule has 0 aliphatic heterocycles. The van der Waals surface area contributed by atoms with E-state index in [-0.39, 0.29) is 17.8 Å². The molecule has 0 fully saturated rings. The summed E-state index contributed by atoms with van der Waals surface area (Å²) in [5, 5.41) is 2.76. The van der Waals surface area contributed by atoms with Crippen molar-refractivity contribution in [3.8, 4) is 0 Å². The quantitative estimate of drug-likeness (QED) is 0.725. The lowest BCUT2D eigenvalue weighted by molar-refractivity contribution is -0.137. The Labute approximate surface area is 166 Å². The van der Waals surface area contributed by atoms with Crippen LogP contribution in [0, 0.1) is 0 Å². The van der Waals surface area contributed by atoms with Gasteiger partial charge >= 0.3 is 6.18 Å². The molecule has 0 aliphatic carbocycles. The van der Waals surface area contributed by atoms with Gasteiger partial charge in [-0.2, -0.15) is 13.2 Å². The first-order chi connectivity index (χ1) is 12.9. The van der Waals surface area contributed by atoms with Gasteiger partial charge in [0, 0.05) is 10.7 Å². The summed E-state index contributed by atoms with van der Waals surface area (Å²) >= 11 is 5.93. The van der Waals surface area contributed by atoms with E-state index in [0.717, 1.165) is 34.8 Å². The van der Waals surface area contributed by atoms with Gasteiger partial charge in [-0.1, -0.05) is 24.6 Å². The molecule has 10 heteroatoms. The number of carbonyl (C=O) groups is 1. The molecule has 0 radical (unpaired) electrons. The van der Waals surface area contributed by atoms with Crippen LogP contribution in [-0.2, 0) is 21.0 Å². The van der Waals surface area contributed by atoms with E-state index in [9.17, 15) is 26.4 Å². The molecule has 28 heavy (non-hydrogen) atoms. The Balaban J connectivity index is 2.32. The van der Waals surface area contributed by atoms with Crippen LogP contribution in [0.5, 0.6) is 0 Å². The number of benzene rings is 2. The molecule has 0 aromatic heterocycles. The first-order valence-electron chi connectivity index (χ1n) is 8.16. The van der Waals surface area contributed by atoms with Crippen molar-refractivity contribution in [1.29, 1.82) is 0 Å². The molecule has 1 unspecified atom stereocenters. The maximum absolute atomic E-state index is 12.7. The summed E-state index contributed by atoms with van der Waals surface area (Å²) in [6.07, 6.45) is -3.40. The van der Waals surface area contributed by atoms with Crippen LogP contribution in [0.15, 0.2) is 48.5 Å². The lowest BCUT2D eigenvalue weighted by Gasteiger charge is -2.30. The highest BCUT2D eigenvalue weighted by Gasteiger charge is 2.32. The number of hydrogen-bond acceptors (Lipinski definition) is 3. The van der Waals surface area contributed by atoms with Crippen molar-refractivity contribution >= 4 is 38.9 Å². The third-order valence-corrected chi connectivity index (χ3v) is 5.29. The van der Waals surface area contributed by atoms with Gasteiger partial charge in [0.1, 0.15) is 6.04 Å². The first kappa shape index (κ1) is 22.0. The second-order valence-corrected chi connectivity index (χ2v) is 8.32. The van der Waals surface area contributed by atoms with Crippen LogP contribution in [-0.4, -0.2) is 26.6 Å². The number of amides is 1. The number of alkyl halides is 3. The van der Waals surface area contributed by atoms with Gasteiger partial charge < -0.3 is 5.32 Å². The molecule has 2 aromatic rings. The van der Waals surface area contributed by atoms with Gasteiger partial charge in [-0.25, -0.2) is 8.42 Å². The zero-order chi connectivity index (χ0) is 21.1. The summed E-state index contributed by atoms with van der Waals surface area (Å²) in [7, 11) is -3.84. The average molecular weight is 435 g/mol. The van der Waals surface area contributed by atoms with Crippen LogP contribution >= 0.6 is 11.6 Å². The van der Waals surface area contributed by atoms with E-state index in [0.29, 0.717) is 5.02 Å². The van der Waals surface area contributed by atoms with E-state index in [2.05, 4.69) is 5.32 Å². The van der Waals surface area contributed by atoms with E-state index in [1.165, 1.54) is 12.1 Å². The molecular formula is C18H18ClF3N2O3S. The number of halogens is 4. The van der Waals surface area contributed by atoms with Crippen LogP contribution in [0.3, 0.4) is 0 Å². The maximum atomic E-state index is 12.7. The standard InChI is InChI=1S/C18H18ClF3N2O3S/c1-3-16(24(28(2,26)27)15-6-4-5-13(19)11-15)17(25)23-14-9-7-12(8-10-14)18(20,21)22/h4-11,16H,3H2,1-2H3,(H,23,25). The SMILES string of the molecule is CCC(C(=O)Nc1ccc(C(F)(F)F)cc1)N(c1cccc(Cl)c1)S(C)(=O)=O. The highest BCUT2D eigenvalue weighted by atomic mass is 35.5. The van der Waals surface area contributed by atoms with Gasteiger partial charge in [0.05, 0.1) is 17.5 Å². The highest BCUT2D eigenvalue weighted by Crippen LogP contribution is 2.30. The fraction of sp³-hybridized carbons (Fsp3) is 0.278. The maximum Gasteiger partial charge on any atom is 0.416 e. The van der Waals surface area contributed by atoms with Crippen molar-refractivity contribution in [3.05, 3.63) is 59.1 Å². The molecule has 0 bridgehead atoms. The largest absolute Gasteiger partial charge is 0.416 e. The molecule has 2 rings (SSSR count). The lowest BCUT2D eigenvalue weighted by atomic mass is 10.1. The molecule has 152 valence electrons. The number of carbonyl (C=O) groups excluding carboxylic acids is 1. The predicted molar refractivity (Wildman–Crippen MR) is 103 cm³/mol. The number of sulfonamides is 1. The second kappa shape index (κ2) is 8.40. The van der Waals surface area contributed by atoms with E-state index in [1.54, 1.807) is 19.1 Å². The number of rotatable bonds is 6.